The van der Waals surface area contributed by atoms with Crippen molar-refractivity contribution in [3.63, 3.8) is 0 Å². The number of nitrogens with zero attached hydrogens (tertiary/aromatic N) is 1. The zero-order chi connectivity index (χ0) is 13.4. The molecule has 1 aromatic heterocycles. The van der Waals surface area contributed by atoms with Gasteiger partial charge in [0.05, 0.1) is 0 Å². The topological polar surface area (TPSA) is 30.0 Å². The zero-order valence-corrected chi connectivity index (χ0v) is 13.1. The van der Waals surface area contributed by atoms with Crippen molar-refractivity contribution in [1.29, 1.82) is 0 Å². The van der Waals surface area contributed by atoms with Gasteiger partial charge in [0.1, 0.15) is 10.8 Å². The summed E-state index contributed by atoms with van der Waals surface area (Å²) in [5.74, 6) is 1.84. The molecule has 0 saturated heterocycles. The number of carbonyl (C=O) groups is 1. The quantitative estimate of drug-likeness (QED) is 0.407. The summed E-state index contributed by atoms with van der Waals surface area (Å²) in [6.45, 7) is 4.21. The van der Waals surface area contributed by atoms with Gasteiger partial charge in [0.25, 0.3) is 0 Å². The van der Waals surface area contributed by atoms with E-state index in [1.807, 2.05) is 6.07 Å². The minimum atomic E-state index is 0.0262. The molecule has 0 aliphatic carbocycles. The average molecular weight is 304 g/mol. The first kappa shape index (κ1) is 15.9. The Hall–Kier alpha value is -0.190. The number of halogens is 1. The van der Waals surface area contributed by atoms with E-state index in [1.165, 1.54) is 11.8 Å². The van der Waals surface area contributed by atoms with Crippen molar-refractivity contribution < 1.29 is 4.79 Å². The summed E-state index contributed by atoms with van der Waals surface area (Å²) in [6.07, 6.45) is 3.28. The normalized spacial score (nSPS) is 10.6. The number of aromatic nitrogens is 1. The molecule has 0 N–H and O–H groups in total. The maximum Gasteiger partial charge on any atom is 0.238 e. The van der Waals surface area contributed by atoms with Crippen LogP contribution in [-0.2, 0) is 0 Å². The monoisotopic (exact) mass is 303 g/mol. The summed E-state index contributed by atoms with van der Waals surface area (Å²) >= 11 is 8.88. The lowest BCUT2D eigenvalue weighted by molar-refractivity contribution is 0.108. The lowest BCUT2D eigenvalue weighted by atomic mass is 10.4. The van der Waals surface area contributed by atoms with Crippen LogP contribution in [-0.4, -0.2) is 21.6 Å². The van der Waals surface area contributed by atoms with Crippen molar-refractivity contribution in [2.45, 2.75) is 38.0 Å². The van der Waals surface area contributed by atoms with Crippen molar-refractivity contribution in [2.75, 3.05) is 11.5 Å². The summed E-state index contributed by atoms with van der Waals surface area (Å²) < 4.78 is 0. The van der Waals surface area contributed by atoms with Crippen molar-refractivity contribution in [2.24, 2.45) is 0 Å². The Morgan fingerprint density at radius 2 is 2.06 bits per heavy atom. The summed E-state index contributed by atoms with van der Waals surface area (Å²) in [6, 6.07) is 3.65. The number of hydrogen-bond donors (Lipinski definition) is 0. The van der Waals surface area contributed by atoms with Crippen LogP contribution in [0.25, 0.3) is 0 Å². The third kappa shape index (κ3) is 5.21. The predicted octanol–water partition coefficient (Wildman–Crippen LogP) is 4.91. The van der Waals surface area contributed by atoms with Gasteiger partial charge in [-0.1, -0.05) is 43.6 Å². The van der Waals surface area contributed by atoms with Gasteiger partial charge in [0.15, 0.2) is 0 Å². The fraction of sp³-hybridized carbons (Fsp3) is 0.538. The molecule has 2 nitrogen and oxygen atoms in total. The number of thioether (sulfide) groups is 2. The molecule has 0 saturated carbocycles. The molecule has 0 aromatic carbocycles. The van der Waals surface area contributed by atoms with Crippen LogP contribution in [0.5, 0.6) is 0 Å². The molecule has 1 heterocycles. The van der Waals surface area contributed by atoms with E-state index >= 15 is 0 Å². The van der Waals surface area contributed by atoms with E-state index in [0.717, 1.165) is 35.7 Å². The van der Waals surface area contributed by atoms with Crippen molar-refractivity contribution in [3.05, 3.63) is 23.0 Å². The Bertz CT molecular complexity index is 399. The van der Waals surface area contributed by atoms with E-state index in [9.17, 15) is 4.79 Å². The van der Waals surface area contributed by atoms with Crippen LogP contribution in [0.3, 0.4) is 0 Å². The van der Waals surface area contributed by atoms with Crippen LogP contribution in [0, 0.1) is 0 Å². The van der Waals surface area contributed by atoms with Crippen molar-refractivity contribution >= 4 is 40.2 Å². The Labute approximate surface area is 122 Å². The van der Waals surface area contributed by atoms with Gasteiger partial charge in [-0.2, -0.15) is 0 Å². The number of rotatable bonds is 7. The molecule has 0 aliphatic rings. The van der Waals surface area contributed by atoms with Gasteiger partial charge in [-0.3, -0.25) is 4.79 Å². The van der Waals surface area contributed by atoms with Crippen LogP contribution in [0.15, 0.2) is 17.0 Å². The summed E-state index contributed by atoms with van der Waals surface area (Å²) in [7, 11) is 0. The Balaban J connectivity index is 2.78. The van der Waals surface area contributed by atoms with E-state index in [0.29, 0.717) is 10.8 Å². The number of carbonyl (C=O) groups excluding carboxylic acids is 1. The highest BCUT2D eigenvalue weighted by molar-refractivity contribution is 8.14. The molecule has 0 aliphatic heterocycles. The highest BCUT2D eigenvalue weighted by atomic mass is 35.5. The SMILES string of the molecule is CCCCSc1ccc(Cl)nc1C(=O)SCCC. The smallest absolute Gasteiger partial charge is 0.238 e. The fourth-order valence-electron chi connectivity index (χ4n) is 1.27. The third-order valence-electron chi connectivity index (χ3n) is 2.21. The van der Waals surface area contributed by atoms with Crippen LogP contribution in [0.4, 0.5) is 0 Å². The van der Waals surface area contributed by atoms with Gasteiger partial charge < -0.3 is 0 Å². The molecule has 0 bridgehead atoms. The first-order valence-corrected chi connectivity index (χ1v) is 8.50. The van der Waals surface area contributed by atoms with Gasteiger partial charge in [0, 0.05) is 10.6 Å². The minimum Gasteiger partial charge on any atom is -0.280 e. The maximum absolute atomic E-state index is 12.0. The van der Waals surface area contributed by atoms with Crippen LogP contribution in [0.2, 0.25) is 5.15 Å². The van der Waals surface area contributed by atoms with E-state index < -0.39 is 0 Å². The largest absolute Gasteiger partial charge is 0.280 e. The number of hydrogen-bond acceptors (Lipinski definition) is 4. The lowest BCUT2D eigenvalue weighted by Gasteiger charge is -2.07. The summed E-state index contributed by atoms with van der Waals surface area (Å²) in [4.78, 5) is 17.2. The molecule has 5 heteroatoms. The molecule has 0 atom stereocenters. The summed E-state index contributed by atoms with van der Waals surface area (Å²) in [5.41, 5.74) is 0.516. The highest BCUT2D eigenvalue weighted by Crippen LogP contribution is 2.27. The third-order valence-corrected chi connectivity index (χ3v) is 4.62. The van der Waals surface area contributed by atoms with E-state index in [1.54, 1.807) is 17.8 Å². The molecule has 0 amide bonds. The Kier molecular flexibility index (Phi) is 7.79. The lowest BCUT2D eigenvalue weighted by Crippen LogP contribution is -2.01. The molecule has 1 rings (SSSR count). The minimum absolute atomic E-state index is 0.0262. The molecule has 0 fully saturated rings. The second-order valence-electron chi connectivity index (χ2n) is 3.82. The molecule has 100 valence electrons. The molecular weight excluding hydrogens is 286 g/mol. The van der Waals surface area contributed by atoms with E-state index in [2.05, 4.69) is 18.8 Å². The van der Waals surface area contributed by atoms with Crippen LogP contribution in [0.1, 0.15) is 43.6 Å². The highest BCUT2D eigenvalue weighted by Gasteiger charge is 2.14. The molecular formula is C13H18ClNOS2. The van der Waals surface area contributed by atoms with Crippen molar-refractivity contribution in [1.82, 2.24) is 4.98 Å². The molecule has 1 aromatic rings. The molecule has 0 spiro atoms. The van der Waals surface area contributed by atoms with Gasteiger partial charge in [-0.15, -0.1) is 11.8 Å². The number of unbranched alkanes of at least 4 members (excludes halogenated alkanes) is 1. The van der Waals surface area contributed by atoms with Gasteiger partial charge >= 0.3 is 0 Å². The van der Waals surface area contributed by atoms with Crippen LogP contribution >= 0.6 is 35.1 Å². The predicted molar refractivity (Wildman–Crippen MR) is 82.0 cm³/mol. The summed E-state index contributed by atoms with van der Waals surface area (Å²) in [5, 5.41) is 0.411. The van der Waals surface area contributed by atoms with E-state index in [-0.39, 0.29) is 5.12 Å². The number of pyridine rings is 1. The first-order chi connectivity index (χ1) is 8.69. The molecule has 18 heavy (non-hydrogen) atoms. The molecule has 0 unspecified atom stereocenters. The Morgan fingerprint density at radius 1 is 1.28 bits per heavy atom. The van der Waals surface area contributed by atoms with Gasteiger partial charge in [0.2, 0.25) is 5.12 Å². The molecule has 0 radical (unpaired) electrons. The van der Waals surface area contributed by atoms with Crippen LogP contribution < -0.4 is 0 Å². The first-order valence-electron chi connectivity index (χ1n) is 6.15. The Morgan fingerprint density at radius 3 is 2.72 bits per heavy atom. The second-order valence-corrected chi connectivity index (χ2v) is 6.41. The average Bonchev–Trinajstić information content (AvgIpc) is 2.38. The van der Waals surface area contributed by atoms with Crippen molar-refractivity contribution in [3.8, 4) is 0 Å². The zero-order valence-electron chi connectivity index (χ0n) is 10.7. The second kappa shape index (κ2) is 8.83. The van der Waals surface area contributed by atoms with Gasteiger partial charge in [-0.25, -0.2) is 4.98 Å². The maximum atomic E-state index is 12.0. The van der Waals surface area contributed by atoms with Gasteiger partial charge in [-0.05, 0) is 30.7 Å². The fourth-order valence-corrected chi connectivity index (χ4v) is 3.26. The van der Waals surface area contributed by atoms with E-state index in [4.69, 9.17) is 11.6 Å². The standard InChI is InChI=1S/C13H18ClNOS2/c1-3-5-9-17-10-6-7-11(14)15-12(10)13(16)18-8-4-2/h6-7H,3-5,8-9H2,1-2H3.